The van der Waals surface area contributed by atoms with Crippen molar-refractivity contribution in [2.45, 2.75) is 37.9 Å². The van der Waals surface area contributed by atoms with Gasteiger partial charge in [-0.3, -0.25) is 4.90 Å². The molecule has 2 nitrogen and oxygen atoms in total. The van der Waals surface area contributed by atoms with E-state index in [1.54, 1.807) is 12.1 Å². The van der Waals surface area contributed by atoms with Gasteiger partial charge in [-0.05, 0) is 37.5 Å². The van der Waals surface area contributed by atoms with E-state index >= 15 is 0 Å². The first-order valence-corrected chi connectivity index (χ1v) is 7.42. The van der Waals surface area contributed by atoms with Gasteiger partial charge < -0.3 is 5.32 Å². The third-order valence-electron chi connectivity index (χ3n) is 4.01. The molecule has 0 aliphatic carbocycles. The van der Waals surface area contributed by atoms with Crippen LogP contribution in [-0.4, -0.2) is 30.1 Å². The van der Waals surface area contributed by atoms with Crippen LogP contribution < -0.4 is 5.32 Å². The number of halogens is 3. The summed E-state index contributed by atoms with van der Waals surface area (Å²) in [5.41, 5.74) is 0.794. The number of hydrogen-bond acceptors (Lipinski definition) is 2. The summed E-state index contributed by atoms with van der Waals surface area (Å²) < 4.78 is 14.7. The van der Waals surface area contributed by atoms with Gasteiger partial charge in [0.1, 0.15) is 5.82 Å². The molecule has 1 aromatic carbocycles. The van der Waals surface area contributed by atoms with Gasteiger partial charge in [0.25, 0.3) is 0 Å². The summed E-state index contributed by atoms with van der Waals surface area (Å²) in [6.45, 7) is 2.83. The van der Waals surface area contributed by atoms with Crippen molar-refractivity contribution in [3.05, 3.63) is 34.1 Å². The first kappa shape index (κ1) is 15.2. The van der Waals surface area contributed by atoms with E-state index in [2.05, 4.69) is 26.1 Å². The molecule has 5 heteroatoms. The second-order valence-corrected chi connectivity index (χ2v) is 6.31. The third-order valence-corrected chi connectivity index (χ3v) is 4.50. The number of hydrogen-bond donors (Lipinski definition) is 1. The number of nitrogens with one attached hydrogen (secondary N) is 1. The Morgan fingerprint density at radius 3 is 2.89 bits per heavy atom. The molecule has 1 N–H and O–H groups in total. The lowest BCUT2D eigenvalue weighted by Gasteiger charge is -2.24. The molecular formula is C14H19BrClFN2. The van der Waals surface area contributed by atoms with Crippen LogP contribution in [0.15, 0.2) is 22.7 Å². The molecule has 2 aliphatic rings. The van der Waals surface area contributed by atoms with E-state index in [-0.39, 0.29) is 18.2 Å². The van der Waals surface area contributed by atoms with Crippen LogP contribution in [0.4, 0.5) is 4.39 Å². The van der Waals surface area contributed by atoms with Crippen LogP contribution in [0.2, 0.25) is 0 Å². The Kier molecular flexibility index (Phi) is 5.23. The minimum Gasteiger partial charge on any atom is -0.310 e. The Balaban J connectivity index is 0.00000133. The fourth-order valence-electron chi connectivity index (χ4n) is 3.06. The second kappa shape index (κ2) is 6.53. The predicted molar refractivity (Wildman–Crippen MR) is 81.2 cm³/mol. The summed E-state index contributed by atoms with van der Waals surface area (Å²) in [5.74, 6) is -0.0967. The number of rotatable bonds is 2. The SMILES string of the molecule is Cl.Fc1ccc(Br)cc1CN1CCC2CCC(C1)N2. The number of fused-ring (bicyclic) bond motifs is 2. The van der Waals surface area contributed by atoms with Crippen molar-refractivity contribution in [3.8, 4) is 0 Å². The molecule has 106 valence electrons. The molecular weight excluding hydrogens is 331 g/mol. The molecule has 0 saturated carbocycles. The molecule has 0 amide bonds. The van der Waals surface area contributed by atoms with E-state index < -0.39 is 0 Å². The first-order chi connectivity index (χ1) is 8.70. The lowest BCUT2D eigenvalue weighted by molar-refractivity contribution is 0.247. The minimum atomic E-state index is -0.0967. The highest BCUT2D eigenvalue weighted by Gasteiger charge is 2.29. The van der Waals surface area contributed by atoms with E-state index in [0.29, 0.717) is 12.1 Å². The summed E-state index contributed by atoms with van der Waals surface area (Å²) in [4.78, 5) is 2.38. The molecule has 2 heterocycles. The Hall–Kier alpha value is -0.160. The third kappa shape index (κ3) is 3.69. The van der Waals surface area contributed by atoms with Gasteiger partial charge in [-0.2, -0.15) is 0 Å². The molecule has 19 heavy (non-hydrogen) atoms. The van der Waals surface area contributed by atoms with Gasteiger partial charge in [-0.25, -0.2) is 4.39 Å². The second-order valence-electron chi connectivity index (χ2n) is 5.40. The smallest absolute Gasteiger partial charge is 0.127 e. The molecule has 2 fully saturated rings. The Bertz CT molecular complexity index is 443. The lowest BCUT2D eigenvalue weighted by Crippen LogP contribution is -2.35. The van der Waals surface area contributed by atoms with Crippen molar-refractivity contribution in [1.29, 1.82) is 0 Å². The number of benzene rings is 1. The molecule has 3 rings (SSSR count). The monoisotopic (exact) mass is 348 g/mol. The van der Waals surface area contributed by atoms with Crippen LogP contribution in [0.3, 0.4) is 0 Å². The maximum Gasteiger partial charge on any atom is 0.127 e. The lowest BCUT2D eigenvalue weighted by atomic mass is 10.1. The van der Waals surface area contributed by atoms with Crippen molar-refractivity contribution >= 4 is 28.3 Å². The molecule has 0 aromatic heterocycles. The molecule has 0 spiro atoms. The van der Waals surface area contributed by atoms with Gasteiger partial charge in [0.15, 0.2) is 0 Å². The normalized spacial score (nSPS) is 26.8. The van der Waals surface area contributed by atoms with E-state index in [4.69, 9.17) is 0 Å². The van der Waals surface area contributed by atoms with Gasteiger partial charge in [-0.15, -0.1) is 12.4 Å². The molecule has 2 aliphatic heterocycles. The Morgan fingerprint density at radius 1 is 1.26 bits per heavy atom. The van der Waals surface area contributed by atoms with Crippen molar-refractivity contribution in [2.75, 3.05) is 13.1 Å². The Morgan fingerprint density at radius 2 is 2.05 bits per heavy atom. The summed E-state index contributed by atoms with van der Waals surface area (Å²) in [7, 11) is 0. The van der Waals surface area contributed by atoms with Crippen LogP contribution in [0, 0.1) is 5.82 Å². The molecule has 2 unspecified atom stereocenters. The zero-order valence-electron chi connectivity index (χ0n) is 10.7. The van der Waals surface area contributed by atoms with E-state index in [1.165, 1.54) is 19.3 Å². The molecule has 1 aromatic rings. The van der Waals surface area contributed by atoms with E-state index in [1.807, 2.05) is 6.07 Å². The average Bonchev–Trinajstić information content (AvgIpc) is 2.67. The molecule has 2 saturated heterocycles. The summed E-state index contributed by atoms with van der Waals surface area (Å²) >= 11 is 3.41. The van der Waals surface area contributed by atoms with Gasteiger partial charge in [-0.1, -0.05) is 15.9 Å². The fraction of sp³-hybridized carbons (Fsp3) is 0.571. The quantitative estimate of drug-likeness (QED) is 0.881. The van der Waals surface area contributed by atoms with Gasteiger partial charge in [0.05, 0.1) is 0 Å². The maximum atomic E-state index is 13.8. The standard InChI is InChI=1S/C14H18BrFN2.ClH/c15-11-1-4-14(16)10(7-11)8-18-6-5-12-2-3-13(9-18)17-12;/h1,4,7,12-13,17H,2-3,5-6,8-9H2;1H. The number of likely N-dealkylation sites (tertiary alicyclic amines) is 1. The van der Waals surface area contributed by atoms with Gasteiger partial charge >= 0.3 is 0 Å². The maximum absolute atomic E-state index is 13.8. The van der Waals surface area contributed by atoms with E-state index in [0.717, 1.165) is 29.7 Å². The van der Waals surface area contributed by atoms with Crippen molar-refractivity contribution in [3.63, 3.8) is 0 Å². The topological polar surface area (TPSA) is 15.3 Å². The van der Waals surface area contributed by atoms with Crippen LogP contribution in [-0.2, 0) is 6.54 Å². The fourth-order valence-corrected chi connectivity index (χ4v) is 3.47. The van der Waals surface area contributed by atoms with Crippen LogP contribution in [0.1, 0.15) is 24.8 Å². The summed E-state index contributed by atoms with van der Waals surface area (Å²) in [6.07, 6.45) is 3.76. The first-order valence-electron chi connectivity index (χ1n) is 6.63. The van der Waals surface area contributed by atoms with Gasteiger partial charge in [0.2, 0.25) is 0 Å². The van der Waals surface area contributed by atoms with Crippen molar-refractivity contribution in [2.24, 2.45) is 0 Å². The zero-order valence-corrected chi connectivity index (χ0v) is 13.1. The van der Waals surface area contributed by atoms with Crippen LogP contribution >= 0.6 is 28.3 Å². The van der Waals surface area contributed by atoms with Crippen molar-refractivity contribution in [1.82, 2.24) is 10.2 Å². The minimum absolute atomic E-state index is 0. The molecule has 2 atom stereocenters. The molecule has 2 bridgehead atoms. The average molecular weight is 350 g/mol. The Labute approximate surface area is 128 Å². The highest BCUT2D eigenvalue weighted by atomic mass is 79.9. The highest BCUT2D eigenvalue weighted by molar-refractivity contribution is 9.10. The predicted octanol–water partition coefficient (Wildman–Crippen LogP) is 3.34. The largest absolute Gasteiger partial charge is 0.310 e. The zero-order chi connectivity index (χ0) is 12.5. The number of nitrogens with zero attached hydrogens (tertiary/aromatic N) is 1. The molecule has 0 radical (unpaired) electrons. The van der Waals surface area contributed by atoms with Crippen LogP contribution in [0.5, 0.6) is 0 Å². The van der Waals surface area contributed by atoms with E-state index in [9.17, 15) is 4.39 Å². The van der Waals surface area contributed by atoms with Gasteiger partial charge in [0, 0.05) is 41.8 Å². The highest BCUT2D eigenvalue weighted by Crippen LogP contribution is 2.23. The van der Waals surface area contributed by atoms with Crippen LogP contribution in [0.25, 0.3) is 0 Å². The van der Waals surface area contributed by atoms with Crippen molar-refractivity contribution < 1.29 is 4.39 Å². The summed E-state index contributed by atoms with van der Waals surface area (Å²) in [5, 5.41) is 3.65. The summed E-state index contributed by atoms with van der Waals surface area (Å²) in [6, 6.07) is 6.48.